The second-order valence-corrected chi connectivity index (χ2v) is 5.19. The summed E-state index contributed by atoms with van der Waals surface area (Å²) in [6.07, 6.45) is 3.52. The highest BCUT2D eigenvalue weighted by Crippen LogP contribution is 2.29. The molecule has 3 nitrogen and oxygen atoms in total. The minimum absolute atomic E-state index is 0.325. The maximum absolute atomic E-state index is 5.70. The second kappa shape index (κ2) is 7.51. The Kier molecular flexibility index (Phi) is 5.67. The van der Waals surface area contributed by atoms with Crippen LogP contribution in [0, 0.1) is 0 Å². The van der Waals surface area contributed by atoms with Gasteiger partial charge in [0.15, 0.2) is 0 Å². The molecule has 0 spiro atoms. The highest BCUT2D eigenvalue weighted by atomic mass is 16.5. The van der Waals surface area contributed by atoms with Gasteiger partial charge in [0.05, 0.1) is 13.2 Å². The number of fused-ring (bicyclic) bond motifs is 1. The SMILES string of the molecule is CCCNCCOCCc1ccc2c(c1)CC(C)O2. The summed E-state index contributed by atoms with van der Waals surface area (Å²) < 4.78 is 11.3. The van der Waals surface area contributed by atoms with Crippen LogP contribution < -0.4 is 10.1 Å². The third-order valence-corrected chi connectivity index (χ3v) is 3.35. The van der Waals surface area contributed by atoms with Crippen LogP contribution in [0.2, 0.25) is 0 Å². The van der Waals surface area contributed by atoms with Crippen LogP contribution in [0.5, 0.6) is 5.75 Å². The minimum Gasteiger partial charge on any atom is -0.490 e. The monoisotopic (exact) mass is 263 g/mol. The van der Waals surface area contributed by atoms with Gasteiger partial charge < -0.3 is 14.8 Å². The van der Waals surface area contributed by atoms with Gasteiger partial charge in [0.1, 0.15) is 11.9 Å². The number of hydrogen-bond acceptors (Lipinski definition) is 3. The summed E-state index contributed by atoms with van der Waals surface area (Å²) in [5, 5.41) is 3.33. The van der Waals surface area contributed by atoms with E-state index in [1.807, 2.05) is 0 Å². The molecule has 3 heteroatoms. The first kappa shape index (κ1) is 14.4. The van der Waals surface area contributed by atoms with Gasteiger partial charge in [-0.15, -0.1) is 0 Å². The van der Waals surface area contributed by atoms with E-state index in [0.29, 0.717) is 6.10 Å². The van der Waals surface area contributed by atoms with E-state index in [2.05, 4.69) is 37.4 Å². The molecule has 1 heterocycles. The van der Waals surface area contributed by atoms with Crippen molar-refractivity contribution in [3.63, 3.8) is 0 Å². The van der Waals surface area contributed by atoms with Crippen LogP contribution >= 0.6 is 0 Å². The van der Waals surface area contributed by atoms with Crippen molar-refractivity contribution in [2.45, 2.75) is 39.2 Å². The fraction of sp³-hybridized carbons (Fsp3) is 0.625. The van der Waals surface area contributed by atoms with Gasteiger partial charge in [-0.1, -0.05) is 19.1 Å². The van der Waals surface area contributed by atoms with Gasteiger partial charge in [-0.3, -0.25) is 0 Å². The first-order valence-corrected chi connectivity index (χ1v) is 7.36. The average Bonchev–Trinajstić information content (AvgIpc) is 2.77. The Bertz CT molecular complexity index is 392. The summed E-state index contributed by atoms with van der Waals surface area (Å²) in [4.78, 5) is 0. The molecule has 1 aromatic rings. The highest BCUT2D eigenvalue weighted by molar-refractivity contribution is 5.40. The van der Waals surface area contributed by atoms with Crippen molar-refractivity contribution in [3.8, 4) is 5.75 Å². The minimum atomic E-state index is 0.325. The lowest BCUT2D eigenvalue weighted by Gasteiger charge is -2.06. The van der Waals surface area contributed by atoms with Crippen molar-refractivity contribution in [1.29, 1.82) is 0 Å². The van der Waals surface area contributed by atoms with E-state index in [-0.39, 0.29) is 0 Å². The Hall–Kier alpha value is -1.06. The van der Waals surface area contributed by atoms with Crippen LogP contribution in [-0.4, -0.2) is 32.4 Å². The fourth-order valence-electron chi connectivity index (χ4n) is 2.37. The molecule has 19 heavy (non-hydrogen) atoms. The quantitative estimate of drug-likeness (QED) is 0.731. The molecule has 1 atom stereocenters. The van der Waals surface area contributed by atoms with Crippen molar-refractivity contribution < 1.29 is 9.47 Å². The predicted octanol–water partition coefficient (Wildman–Crippen LogP) is 2.57. The normalized spacial score (nSPS) is 17.3. The average molecular weight is 263 g/mol. The molecule has 0 bridgehead atoms. The van der Waals surface area contributed by atoms with Crippen LogP contribution in [0.4, 0.5) is 0 Å². The maximum atomic E-state index is 5.70. The Balaban J connectivity index is 1.65. The van der Waals surface area contributed by atoms with Gasteiger partial charge in [0, 0.05) is 13.0 Å². The molecule has 1 N–H and O–H groups in total. The highest BCUT2D eigenvalue weighted by Gasteiger charge is 2.18. The zero-order chi connectivity index (χ0) is 13.5. The second-order valence-electron chi connectivity index (χ2n) is 5.19. The molecule has 0 saturated carbocycles. The molecule has 0 radical (unpaired) electrons. The van der Waals surface area contributed by atoms with Crippen LogP contribution in [0.3, 0.4) is 0 Å². The summed E-state index contributed by atoms with van der Waals surface area (Å²) in [5.74, 6) is 1.06. The van der Waals surface area contributed by atoms with Crippen LogP contribution in [0.1, 0.15) is 31.4 Å². The largest absolute Gasteiger partial charge is 0.490 e. The smallest absolute Gasteiger partial charge is 0.123 e. The van der Waals surface area contributed by atoms with Crippen LogP contribution in [0.25, 0.3) is 0 Å². The molecular weight excluding hydrogens is 238 g/mol. The fourth-order valence-corrected chi connectivity index (χ4v) is 2.37. The van der Waals surface area contributed by atoms with Gasteiger partial charge in [0.25, 0.3) is 0 Å². The molecule has 2 rings (SSSR count). The predicted molar refractivity (Wildman–Crippen MR) is 77.9 cm³/mol. The van der Waals surface area contributed by atoms with Crippen molar-refractivity contribution in [1.82, 2.24) is 5.32 Å². The van der Waals surface area contributed by atoms with E-state index in [0.717, 1.165) is 44.9 Å². The third-order valence-electron chi connectivity index (χ3n) is 3.35. The van der Waals surface area contributed by atoms with E-state index in [4.69, 9.17) is 9.47 Å². The Labute approximate surface area is 116 Å². The zero-order valence-corrected chi connectivity index (χ0v) is 12.1. The first-order valence-electron chi connectivity index (χ1n) is 7.36. The summed E-state index contributed by atoms with van der Waals surface area (Å²) in [6, 6.07) is 6.50. The number of ether oxygens (including phenoxy) is 2. The summed E-state index contributed by atoms with van der Waals surface area (Å²) >= 11 is 0. The Morgan fingerprint density at radius 2 is 2.21 bits per heavy atom. The lowest BCUT2D eigenvalue weighted by Crippen LogP contribution is -2.20. The first-order chi connectivity index (χ1) is 9.29. The molecule has 106 valence electrons. The number of hydrogen-bond donors (Lipinski definition) is 1. The zero-order valence-electron chi connectivity index (χ0n) is 12.1. The van der Waals surface area contributed by atoms with Gasteiger partial charge in [-0.25, -0.2) is 0 Å². The van der Waals surface area contributed by atoms with Gasteiger partial charge >= 0.3 is 0 Å². The number of rotatable bonds is 8. The lowest BCUT2D eigenvalue weighted by atomic mass is 10.1. The Morgan fingerprint density at radius 3 is 3.05 bits per heavy atom. The summed E-state index contributed by atoms with van der Waals surface area (Å²) in [5.41, 5.74) is 2.69. The molecule has 1 aliphatic heterocycles. The van der Waals surface area contributed by atoms with Crippen LogP contribution in [-0.2, 0) is 17.6 Å². The van der Waals surface area contributed by atoms with Crippen molar-refractivity contribution in [2.24, 2.45) is 0 Å². The number of nitrogens with one attached hydrogen (secondary N) is 1. The van der Waals surface area contributed by atoms with Gasteiger partial charge in [-0.05, 0) is 43.5 Å². The van der Waals surface area contributed by atoms with Crippen molar-refractivity contribution in [3.05, 3.63) is 29.3 Å². The third kappa shape index (κ3) is 4.51. The summed E-state index contributed by atoms with van der Waals surface area (Å²) in [7, 11) is 0. The molecule has 0 saturated heterocycles. The lowest BCUT2D eigenvalue weighted by molar-refractivity contribution is 0.139. The molecule has 1 unspecified atom stereocenters. The van der Waals surface area contributed by atoms with Gasteiger partial charge in [0.2, 0.25) is 0 Å². The van der Waals surface area contributed by atoms with E-state index < -0.39 is 0 Å². The Morgan fingerprint density at radius 1 is 1.32 bits per heavy atom. The van der Waals surface area contributed by atoms with E-state index in [9.17, 15) is 0 Å². The molecular formula is C16H25NO2. The maximum Gasteiger partial charge on any atom is 0.123 e. The molecule has 1 aromatic carbocycles. The van der Waals surface area contributed by atoms with Crippen molar-refractivity contribution in [2.75, 3.05) is 26.3 Å². The van der Waals surface area contributed by atoms with E-state index >= 15 is 0 Å². The number of benzene rings is 1. The molecule has 0 fully saturated rings. The van der Waals surface area contributed by atoms with E-state index in [1.54, 1.807) is 0 Å². The van der Waals surface area contributed by atoms with Gasteiger partial charge in [-0.2, -0.15) is 0 Å². The molecule has 0 aromatic heterocycles. The summed E-state index contributed by atoms with van der Waals surface area (Å²) in [6.45, 7) is 7.90. The molecule has 1 aliphatic rings. The molecule has 0 aliphatic carbocycles. The van der Waals surface area contributed by atoms with Crippen molar-refractivity contribution >= 4 is 0 Å². The topological polar surface area (TPSA) is 30.5 Å². The van der Waals surface area contributed by atoms with Crippen LogP contribution in [0.15, 0.2) is 18.2 Å². The molecule has 0 amide bonds. The standard InChI is InChI=1S/C16H25NO2/c1-3-7-17-8-10-18-9-6-14-4-5-16-15(12-14)11-13(2)19-16/h4-5,12-13,17H,3,6-11H2,1-2H3. The van der Waals surface area contributed by atoms with E-state index in [1.165, 1.54) is 17.5 Å².